The second-order valence-electron chi connectivity index (χ2n) is 7.01. The summed E-state index contributed by atoms with van der Waals surface area (Å²) < 4.78 is 0. The Bertz CT molecular complexity index is 760. The van der Waals surface area contributed by atoms with Gasteiger partial charge in [0.1, 0.15) is 0 Å². The molecule has 1 aliphatic heterocycles. The maximum absolute atomic E-state index is 4.39. The Labute approximate surface area is 160 Å². The molecule has 140 valence electrons. The molecule has 0 atom stereocenters. The van der Waals surface area contributed by atoms with Gasteiger partial charge in [0.15, 0.2) is 0 Å². The van der Waals surface area contributed by atoms with Crippen molar-refractivity contribution in [2.45, 2.75) is 34.2 Å². The number of hydrogen-bond acceptors (Lipinski definition) is 6. The highest BCUT2D eigenvalue weighted by molar-refractivity contribution is 7.13. The van der Waals surface area contributed by atoms with Crippen molar-refractivity contribution in [2.24, 2.45) is 5.10 Å². The number of likely N-dealkylation sites (N-methyl/N-ethyl adjacent to an activating group) is 1. The van der Waals surface area contributed by atoms with Crippen molar-refractivity contribution in [2.75, 3.05) is 38.1 Å². The highest BCUT2D eigenvalue weighted by Gasteiger charge is 2.16. The third-order valence-corrected chi connectivity index (χ3v) is 5.85. The smallest absolute Gasteiger partial charge is 0.203 e. The zero-order chi connectivity index (χ0) is 18.5. The number of piperazine rings is 1. The first kappa shape index (κ1) is 19.0. The molecule has 1 fully saturated rings. The fourth-order valence-electron chi connectivity index (χ4n) is 3.33. The number of hydrazone groups is 1. The van der Waals surface area contributed by atoms with Crippen LogP contribution in [0.15, 0.2) is 22.6 Å². The predicted molar refractivity (Wildman–Crippen MR) is 111 cm³/mol. The SMILES string of the molecule is CCN1CCN(Cc2cc(C)cc(C=NNc3nc(C)cs3)c2C)CC1. The largest absolute Gasteiger partial charge is 0.301 e. The summed E-state index contributed by atoms with van der Waals surface area (Å²) in [6, 6.07) is 4.52. The van der Waals surface area contributed by atoms with Gasteiger partial charge in [-0.25, -0.2) is 4.98 Å². The number of rotatable bonds is 6. The first-order valence-corrected chi connectivity index (χ1v) is 10.2. The summed E-state index contributed by atoms with van der Waals surface area (Å²) in [4.78, 5) is 9.45. The molecule has 0 amide bonds. The highest BCUT2D eigenvalue weighted by atomic mass is 32.1. The van der Waals surface area contributed by atoms with Gasteiger partial charge >= 0.3 is 0 Å². The summed E-state index contributed by atoms with van der Waals surface area (Å²) in [5.41, 5.74) is 9.23. The first-order valence-electron chi connectivity index (χ1n) is 9.31. The Kier molecular flexibility index (Phi) is 6.40. The van der Waals surface area contributed by atoms with Crippen LogP contribution in [-0.2, 0) is 6.54 Å². The summed E-state index contributed by atoms with van der Waals surface area (Å²) in [5, 5.41) is 7.24. The number of anilines is 1. The maximum atomic E-state index is 4.39. The Morgan fingerprint density at radius 1 is 1.15 bits per heavy atom. The number of aromatic nitrogens is 1. The Morgan fingerprint density at radius 3 is 2.54 bits per heavy atom. The quantitative estimate of drug-likeness (QED) is 0.622. The summed E-state index contributed by atoms with van der Waals surface area (Å²) >= 11 is 1.57. The van der Waals surface area contributed by atoms with Crippen LogP contribution in [0.5, 0.6) is 0 Å². The van der Waals surface area contributed by atoms with Gasteiger partial charge in [-0.1, -0.05) is 24.6 Å². The molecule has 1 saturated heterocycles. The molecule has 0 radical (unpaired) electrons. The Balaban J connectivity index is 1.67. The van der Waals surface area contributed by atoms with Gasteiger partial charge in [-0.05, 0) is 44.0 Å². The molecule has 0 saturated carbocycles. The topological polar surface area (TPSA) is 43.8 Å². The molecule has 1 N–H and O–H groups in total. The predicted octanol–water partition coefficient (Wildman–Crippen LogP) is 3.65. The van der Waals surface area contributed by atoms with Crippen molar-refractivity contribution in [3.8, 4) is 0 Å². The van der Waals surface area contributed by atoms with E-state index in [-0.39, 0.29) is 0 Å². The van der Waals surface area contributed by atoms with Crippen LogP contribution < -0.4 is 5.43 Å². The van der Waals surface area contributed by atoms with Crippen molar-refractivity contribution in [1.82, 2.24) is 14.8 Å². The van der Waals surface area contributed by atoms with Gasteiger partial charge in [0.05, 0.1) is 11.9 Å². The molecular formula is C20H29N5S. The van der Waals surface area contributed by atoms with E-state index in [1.807, 2.05) is 18.5 Å². The van der Waals surface area contributed by atoms with Gasteiger partial charge in [0.25, 0.3) is 0 Å². The second-order valence-corrected chi connectivity index (χ2v) is 7.87. The van der Waals surface area contributed by atoms with Crippen molar-refractivity contribution >= 4 is 22.7 Å². The minimum absolute atomic E-state index is 0.832. The number of aryl methyl sites for hydroxylation is 2. The van der Waals surface area contributed by atoms with E-state index < -0.39 is 0 Å². The van der Waals surface area contributed by atoms with E-state index in [0.717, 1.165) is 37.0 Å². The molecular weight excluding hydrogens is 342 g/mol. The number of hydrogen-bond donors (Lipinski definition) is 1. The van der Waals surface area contributed by atoms with Gasteiger partial charge in [0, 0.05) is 38.1 Å². The zero-order valence-corrected chi connectivity index (χ0v) is 17.1. The van der Waals surface area contributed by atoms with E-state index in [9.17, 15) is 0 Å². The van der Waals surface area contributed by atoms with Crippen LogP contribution in [0.25, 0.3) is 0 Å². The van der Waals surface area contributed by atoms with Crippen LogP contribution in [0.4, 0.5) is 5.13 Å². The van der Waals surface area contributed by atoms with Crippen LogP contribution >= 0.6 is 11.3 Å². The fourth-order valence-corrected chi connectivity index (χ4v) is 3.97. The molecule has 0 spiro atoms. The molecule has 0 aliphatic carbocycles. The highest BCUT2D eigenvalue weighted by Crippen LogP contribution is 2.19. The number of benzene rings is 1. The van der Waals surface area contributed by atoms with E-state index in [0.29, 0.717) is 0 Å². The Hall–Kier alpha value is -1.76. The van der Waals surface area contributed by atoms with Crippen LogP contribution in [0.2, 0.25) is 0 Å². The van der Waals surface area contributed by atoms with Gasteiger partial charge in [-0.15, -0.1) is 11.3 Å². The van der Waals surface area contributed by atoms with E-state index in [4.69, 9.17) is 0 Å². The standard InChI is InChI=1S/C20H29N5S/c1-5-24-6-8-25(9-7-24)13-19-11-15(2)10-18(17(19)4)12-21-23-20-22-16(3)14-26-20/h10-12,14H,5-9,13H2,1-4H3,(H,22,23). The Morgan fingerprint density at radius 2 is 1.88 bits per heavy atom. The van der Waals surface area contributed by atoms with Crippen LogP contribution in [0.1, 0.15) is 34.9 Å². The van der Waals surface area contributed by atoms with Gasteiger partial charge in [-0.3, -0.25) is 10.3 Å². The summed E-state index contributed by atoms with van der Waals surface area (Å²) in [5.74, 6) is 0. The van der Waals surface area contributed by atoms with Crippen LogP contribution in [0.3, 0.4) is 0 Å². The number of thiazole rings is 1. The molecule has 2 aromatic rings. The molecule has 0 bridgehead atoms. The monoisotopic (exact) mass is 371 g/mol. The minimum Gasteiger partial charge on any atom is -0.301 e. The normalized spacial score (nSPS) is 16.5. The second kappa shape index (κ2) is 8.75. The number of nitrogens with one attached hydrogen (secondary N) is 1. The van der Waals surface area contributed by atoms with E-state index in [1.165, 1.54) is 35.3 Å². The van der Waals surface area contributed by atoms with Crippen molar-refractivity contribution in [3.63, 3.8) is 0 Å². The fraction of sp³-hybridized carbons (Fsp3) is 0.500. The zero-order valence-electron chi connectivity index (χ0n) is 16.2. The van der Waals surface area contributed by atoms with Crippen molar-refractivity contribution in [1.29, 1.82) is 0 Å². The average Bonchev–Trinajstić information content (AvgIpc) is 3.04. The van der Waals surface area contributed by atoms with E-state index in [1.54, 1.807) is 11.3 Å². The lowest BCUT2D eigenvalue weighted by molar-refractivity contribution is 0.132. The van der Waals surface area contributed by atoms with E-state index in [2.05, 4.69) is 58.2 Å². The molecule has 26 heavy (non-hydrogen) atoms. The van der Waals surface area contributed by atoms with Gasteiger partial charge in [-0.2, -0.15) is 5.10 Å². The van der Waals surface area contributed by atoms with Gasteiger partial charge in [0.2, 0.25) is 5.13 Å². The van der Waals surface area contributed by atoms with E-state index >= 15 is 0 Å². The number of nitrogens with zero attached hydrogens (tertiary/aromatic N) is 4. The minimum atomic E-state index is 0.832. The maximum Gasteiger partial charge on any atom is 0.203 e. The molecule has 1 aromatic heterocycles. The van der Waals surface area contributed by atoms with Gasteiger partial charge < -0.3 is 4.90 Å². The van der Waals surface area contributed by atoms with Crippen molar-refractivity contribution < 1.29 is 0 Å². The lowest BCUT2D eigenvalue weighted by Gasteiger charge is -2.34. The molecule has 1 aromatic carbocycles. The first-order chi connectivity index (χ1) is 12.5. The summed E-state index contributed by atoms with van der Waals surface area (Å²) in [7, 11) is 0. The molecule has 1 aliphatic rings. The van der Waals surface area contributed by atoms with Crippen LogP contribution in [0, 0.1) is 20.8 Å². The lowest BCUT2D eigenvalue weighted by atomic mass is 9.99. The molecule has 2 heterocycles. The molecule has 0 unspecified atom stereocenters. The summed E-state index contributed by atoms with van der Waals surface area (Å²) in [6.07, 6.45) is 1.91. The third kappa shape index (κ3) is 4.90. The molecule has 6 heteroatoms. The van der Waals surface area contributed by atoms with Crippen molar-refractivity contribution in [3.05, 3.63) is 45.5 Å². The van der Waals surface area contributed by atoms with Crippen LogP contribution in [-0.4, -0.2) is 53.7 Å². The third-order valence-electron chi connectivity index (χ3n) is 4.99. The average molecular weight is 372 g/mol. The molecule has 3 rings (SSSR count). The molecule has 5 nitrogen and oxygen atoms in total. The summed E-state index contributed by atoms with van der Waals surface area (Å²) in [6.45, 7) is 15.4. The lowest BCUT2D eigenvalue weighted by Crippen LogP contribution is -2.45.